The summed E-state index contributed by atoms with van der Waals surface area (Å²) >= 11 is 0.860. The van der Waals surface area contributed by atoms with Gasteiger partial charge < -0.3 is 14.4 Å². The SMILES string of the molecule is Cc1cccc2c1C(=O)N(CCOC1SC(=O)N(Cc3ccccc3)C1=O)CO2. The summed E-state index contributed by atoms with van der Waals surface area (Å²) in [7, 11) is 0. The van der Waals surface area contributed by atoms with E-state index in [4.69, 9.17) is 9.47 Å². The lowest BCUT2D eigenvalue weighted by molar-refractivity contribution is -0.134. The van der Waals surface area contributed by atoms with Gasteiger partial charge >= 0.3 is 0 Å². The van der Waals surface area contributed by atoms with Crippen LogP contribution in [0.25, 0.3) is 0 Å². The number of aryl methyl sites for hydroxylation is 1. The Balaban J connectivity index is 1.32. The summed E-state index contributed by atoms with van der Waals surface area (Å²) in [6, 6.07) is 14.8. The van der Waals surface area contributed by atoms with Crippen LogP contribution in [-0.2, 0) is 16.1 Å². The number of hydrogen-bond donors (Lipinski definition) is 0. The third kappa shape index (κ3) is 3.99. The fraction of sp³-hybridized carbons (Fsp3) is 0.286. The van der Waals surface area contributed by atoms with E-state index in [1.165, 1.54) is 9.80 Å². The van der Waals surface area contributed by atoms with Crippen molar-refractivity contribution in [2.75, 3.05) is 19.9 Å². The Hall–Kier alpha value is -2.84. The lowest BCUT2D eigenvalue weighted by Crippen LogP contribution is -2.41. The lowest BCUT2D eigenvalue weighted by Gasteiger charge is -2.29. The molecule has 2 aliphatic heterocycles. The first kappa shape index (κ1) is 19.5. The maximum Gasteiger partial charge on any atom is 0.291 e. The van der Waals surface area contributed by atoms with Gasteiger partial charge in [-0.15, -0.1) is 0 Å². The number of ether oxygens (including phenoxy) is 2. The normalized spacial score (nSPS) is 18.8. The third-order valence-corrected chi connectivity index (χ3v) is 5.80. The van der Waals surface area contributed by atoms with Crippen molar-refractivity contribution < 1.29 is 23.9 Å². The minimum atomic E-state index is -0.888. The molecular formula is C21H20N2O5S. The molecule has 0 aromatic heterocycles. The van der Waals surface area contributed by atoms with E-state index in [1.54, 1.807) is 6.07 Å². The second-order valence-corrected chi connectivity index (χ2v) is 7.80. The van der Waals surface area contributed by atoms with Gasteiger partial charge in [0.15, 0.2) is 12.2 Å². The van der Waals surface area contributed by atoms with Gasteiger partial charge in [-0.25, -0.2) is 0 Å². The lowest BCUT2D eigenvalue weighted by atomic mass is 10.1. The fourth-order valence-corrected chi connectivity index (χ4v) is 4.13. The zero-order valence-corrected chi connectivity index (χ0v) is 16.7. The summed E-state index contributed by atoms with van der Waals surface area (Å²) in [5, 5.41) is -0.328. The van der Waals surface area contributed by atoms with Crippen LogP contribution in [0, 0.1) is 6.92 Å². The van der Waals surface area contributed by atoms with E-state index in [0.29, 0.717) is 11.3 Å². The summed E-state index contributed by atoms with van der Waals surface area (Å²) in [5.74, 6) is 0.0854. The maximum atomic E-state index is 12.7. The van der Waals surface area contributed by atoms with Crippen molar-refractivity contribution in [1.82, 2.24) is 9.80 Å². The average Bonchev–Trinajstić information content (AvgIpc) is 2.98. The van der Waals surface area contributed by atoms with Crippen LogP contribution in [0.15, 0.2) is 48.5 Å². The van der Waals surface area contributed by atoms with E-state index >= 15 is 0 Å². The molecule has 0 bridgehead atoms. The molecule has 3 amide bonds. The van der Waals surface area contributed by atoms with E-state index in [1.807, 2.05) is 49.4 Å². The number of nitrogens with zero attached hydrogens (tertiary/aromatic N) is 2. The number of carbonyl (C=O) groups is 3. The zero-order chi connectivity index (χ0) is 20.4. The van der Waals surface area contributed by atoms with E-state index in [-0.39, 0.29) is 43.5 Å². The van der Waals surface area contributed by atoms with Crippen molar-refractivity contribution in [3.05, 3.63) is 65.2 Å². The molecule has 1 fully saturated rings. The molecule has 29 heavy (non-hydrogen) atoms. The maximum absolute atomic E-state index is 12.7. The van der Waals surface area contributed by atoms with Crippen molar-refractivity contribution >= 4 is 28.8 Å². The Morgan fingerprint density at radius 1 is 1.10 bits per heavy atom. The number of carbonyl (C=O) groups excluding carboxylic acids is 3. The Kier molecular flexibility index (Phi) is 5.55. The van der Waals surface area contributed by atoms with Crippen molar-refractivity contribution in [3.8, 4) is 5.75 Å². The first-order valence-corrected chi connectivity index (χ1v) is 10.1. The van der Waals surface area contributed by atoms with E-state index in [2.05, 4.69) is 0 Å². The number of benzene rings is 2. The predicted molar refractivity (Wildman–Crippen MR) is 107 cm³/mol. The predicted octanol–water partition coefficient (Wildman–Crippen LogP) is 3.03. The number of thioether (sulfide) groups is 1. The summed E-state index contributed by atoms with van der Waals surface area (Å²) in [6.07, 6.45) is 0. The molecule has 0 aliphatic carbocycles. The van der Waals surface area contributed by atoms with Crippen LogP contribution in [0.4, 0.5) is 4.79 Å². The average molecular weight is 412 g/mol. The number of fused-ring (bicyclic) bond motifs is 1. The minimum Gasteiger partial charge on any atom is -0.472 e. The van der Waals surface area contributed by atoms with Gasteiger partial charge in [0.1, 0.15) is 5.75 Å². The molecule has 0 saturated carbocycles. The van der Waals surface area contributed by atoms with Crippen LogP contribution in [0.2, 0.25) is 0 Å². The van der Waals surface area contributed by atoms with Crippen LogP contribution >= 0.6 is 11.8 Å². The van der Waals surface area contributed by atoms with Crippen LogP contribution in [-0.4, -0.2) is 52.2 Å². The number of rotatable bonds is 6. The summed E-state index contributed by atoms with van der Waals surface area (Å²) < 4.78 is 11.3. The molecule has 1 unspecified atom stereocenters. The zero-order valence-electron chi connectivity index (χ0n) is 15.9. The smallest absolute Gasteiger partial charge is 0.291 e. The molecule has 150 valence electrons. The van der Waals surface area contributed by atoms with Gasteiger partial charge in [-0.2, -0.15) is 0 Å². The second-order valence-electron chi connectivity index (χ2n) is 6.79. The highest BCUT2D eigenvalue weighted by Crippen LogP contribution is 2.30. The van der Waals surface area contributed by atoms with E-state index in [9.17, 15) is 14.4 Å². The Morgan fingerprint density at radius 2 is 1.90 bits per heavy atom. The van der Waals surface area contributed by atoms with Crippen molar-refractivity contribution in [2.24, 2.45) is 0 Å². The highest BCUT2D eigenvalue weighted by atomic mass is 32.2. The van der Waals surface area contributed by atoms with Crippen LogP contribution in [0.1, 0.15) is 21.5 Å². The third-order valence-electron chi connectivity index (χ3n) is 4.82. The van der Waals surface area contributed by atoms with Crippen LogP contribution in [0.5, 0.6) is 5.75 Å². The molecule has 4 rings (SSSR count). The first-order valence-electron chi connectivity index (χ1n) is 9.24. The monoisotopic (exact) mass is 412 g/mol. The van der Waals surface area contributed by atoms with Gasteiger partial charge in [0.2, 0.25) is 0 Å². The Bertz CT molecular complexity index is 949. The Morgan fingerprint density at radius 3 is 2.69 bits per heavy atom. The molecule has 2 heterocycles. The molecule has 1 atom stereocenters. The summed E-state index contributed by atoms with van der Waals surface area (Å²) in [6.45, 7) is 2.61. The molecular weight excluding hydrogens is 392 g/mol. The van der Waals surface area contributed by atoms with Crippen molar-refractivity contribution in [2.45, 2.75) is 18.9 Å². The first-order chi connectivity index (χ1) is 14.0. The molecule has 7 nitrogen and oxygen atoms in total. The number of hydrogen-bond acceptors (Lipinski definition) is 6. The number of amides is 3. The van der Waals surface area contributed by atoms with Gasteiger partial charge in [-0.3, -0.25) is 19.3 Å². The highest BCUT2D eigenvalue weighted by molar-refractivity contribution is 8.15. The molecule has 0 radical (unpaired) electrons. The van der Waals surface area contributed by atoms with Gasteiger partial charge in [0.05, 0.1) is 18.7 Å². The summed E-state index contributed by atoms with van der Waals surface area (Å²) in [4.78, 5) is 40.1. The topological polar surface area (TPSA) is 76.2 Å². The van der Waals surface area contributed by atoms with Gasteiger partial charge in [0.25, 0.3) is 17.1 Å². The van der Waals surface area contributed by atoms with Gasteiger partial charge in [-0.1, -0.05) is 42.5 Å². The van der Waals surface area contributed by atoms with Crippen molar-refractivity contribution in [1.29, 1.82) is 0 Å². The standard InChI is InChI=1S/C21H20N2O5S/c1-14-6-5-9-16-17(14)18(24)22(13-28-16)10-11-27-20-19(25)23(21(26)29-20)12-15-7-3-2-4-8-15/h2-9,20H,10-13H2,1H3. The van der Waals surface area contributed by atoms with E-state index < -0.39 is 5.44 Å². The van der Waals surface area contributed by atoms with Gasteiger partial charge in [0, 0.05) is 6.54 Å². The molecule has 2 aromatic carbocycles. The van der Waals surface area contributed by atoms with Crippen LogP contribution in [0.3, 0.4) is 0 Å². The largest absolute Gasteiger partial charge is 0.472 e. The number of imide groups is 1. The van der Waals surface area contributed by atoms with Crippen molar-refractivity contribution in [3.63, 3.8) is 0 Å². The Labute approximate surface area is 172 Å². The molecule has 2 aliphatic rings. The van der Waals surface area contributed by atoms with E-state index in [0.717, 1.165) is 22.9 Å². The quantitative estimate of drug-likeness (QED) is 0.726. The molecule has 0 spiro atoms. The molecule has 0 N–H and O–H groups in total. The van der Waals surface area contributed by atoms with Gasteiger partial charge in [-0.05, 0) is 35.9 Å². The molecule has 1 saturated heterocycles. The molecule has 2 aromatic rings. The second kappa shape index (κ2) is 8.26. The van der Waals surface area contributed by atoms with Crippen LogP contribution < -0.4 is 4.74 Å². The minimum absolute atomic E-state index is 0.125. The molecule has 8 heteroatoms. The fourth-order valence-electron chi connectivity index (χ4n) is 3.27. The summed E-state index contributed by atoms with van der Waals surface area (Å²) in [5.41, 5.74) is 1.39. The highest BCUT2D eigenvalue weighted by Gasteiger charge is 2.40.